The van der Waals surface area contributed by atoms with Gasteiger partial charge in [-0.25, -0.2) is 4.98 Å². The molecule has 6 nitrogen and oxygen atoms in total. The lowest BCUT2D eigenvalue weighted by molar-refractivity contribution is -0.141. The Hall–Kier alpha value is -2.26. The highest BCUT2D eigenvalue weighted by molar-refractivity contribution is 6.30. The maximum absolute atomic E-state index is 13.2. The third-order valence-electron chi connectivity index (χ3n) is 4.59. The van der Waals surface area contributed by atoms with Crippen LogP contribution in [0.3, 0.4) is 0 Å². The summed E-state index contributed by atoms with van der Waals surface area (Å²) in [5.74, 6) is 1.10. The molecule has 10 heteroatoms. The van der Waals surface area contributed by atoms with E-state index < -0.39 is 11.9 Å². The number of anilines is 2. The monoisotopic (exact) mass is 429 g/mol. The molecule has 2 heterocycles. The maximum atomic E-state index is 13.2. The molecule has 29 heavy (non-hydrogen) atoms. The summed E-state index contributed by atoms with van der Waals surface area (Å²) in [5, 5.41) is 0.655. The maximum Gasteiger partial charge on any atom is 0.433 e. The predicted octanol–water partition coefficient (Wildman–Crippen LogP) is 3.42. The van der Waals surface area contributed by atoms with Crippen molar-refractivity contribution in [3.8, 4) is 5.75 Å². The Bertz CT molecular complexity index is 808. The molecule has 0 aliphatic carbocycles. The van der Waals surface area contributed by atoms with Gasteiger partial charge in [-0.05, 0) is 24.3 Å². The molecule has 0 atom stereocenters. The number of hydrogen-bond acceptors (Lipinski definition) is 6. The number of piperazine rings is 1. The van der Waals surface area contributed by atoms with E-state index in [0.29, 0.717) is 37.8 Å². The molecule has 1 fully saturated rings. The summed E-state index contributed by atoms with van der Waals surface area (Å²) in [4.78, 5) is 13.6. The summed E-state index contributed by atoms with van der Waals surface area (Å²) in [5.41, 5.74) is -0.926. The van der Waals surface area contributed by atoms with Crippen LogP contribution in [0.15, 0.2) is 30.3 Å². The largest absolute Gasteiger partial charge is 0.492 e. The minimum Gasteiger partial charge on any atom is -0.492 e. The molecule has 0 N–H and O–H groups in total. The topological polar surface area (TPSA) is 44.7 Å². The quantitative estimate of drug-likeness (QED) is 0.701. The van der Waals surface area contributed by atoms with E-state index in [4.69, 9.17) is 16.3 Å². The van der Waals surface area contributed by atoms with Crippen molar-refractivity contribution in [3.63, 3.8) is 0 Å². The fourth-order valence-electron chi connectivity index (χ4n) is 2.93. The zero-order valence-electron chi connectivity index (χ0n) is 16.3. The van der Waals surface area contributed by atoms with E-state index in [9.17, 15) is 13.2 Å². The van der Waals surface area contributed by atoms with Crippen LogP contribution in [-0.4, -0.2) is 68.3 Å². The van der Waals surface area contributed by atoms with Gasteiger partial charge >= 0.3 is 6.18 Å². The second kappa shape index (κ2) is 9.04. The summed E-state index contributed by atoms with van der Waals surface area (Å²) in [6, 6.07) is 8.13. The van der Waals surface area contributed by atoms with E-state index in [-0.39, 0.29) is 11.8 Å². The molecule has 1 aromatic heterocycles. The lowest BCUT2D eigenvalue weighted by Crippen LogP contribution is -2.48. The van der Waals surface area contributed by atoms with Gasteiger partial charge in [0.25, 0.3) is 0 Å². The van der Waals surface area contributed by atoms with Crippen LogP contribution in [0.25, 0.3) is 0 Å². The molecule has 2 aromatic rings. The Kier molecular flexibility index (Phi) is 6.69. The second-order valence-corrected chi connectivity index (χ2v) is 7.37. The number of nitrogens with zero attached hydrogens (tertiary/aromatic N) is 5. The van der Waals surface area contributed by atoms with Gasteiger partial charge in [0.15, 0.2) is 5.69 Å². The number of rotatable bonds is 6. The van der Waals surface area contributed by atoms with Crippen molar-refractivity contribution in [3.05, 3.63) is 41.0 Å². The lowest BCUT2D eigenvalue weighted by Gasteiger charge is -2.35. The molecule has 0 amide bonds. The van der Waals surface area contributed by atoms with Crippen molar-refractivity contribution in [2.45, 2.75) is 6.18 Å². The smallest absolute Gasteiger partial charge is 0.433 e. The highest BCUT2D eigenvalue weighted by atomic mass is 35.5. The first-order valence-electron chi connectivity index (χ1n) is 9.21. The van der Waals surface area contributed by atoms with Crippen LogP contribution >= 0.6 is 11.6 Å². The average molecular weight is 430 g/mol. The normalized spacial score (nSPS) is 15.4. The summed E-state index contributed by atoms with van der Waals surface area (Å²) in [6.07, 6.45) is -4.51. The van der Waals surface area contributed by atoms with Crippen molar-refractivity contribution >= 4 is 23.4 Å². The van der Waals surface area contributed by atoms with Gasteiger partial charge in [-0.2, -0.15) is 18.2 Å². The molecule has 1 aliphatic rings. The summed E-state index contributed by atoms with van der Waals surface area (Å²) < 4.78 is 45.3. The molecule has 0 radical (unpaired) electrons. The number of aromatic nitrogens is 2. The van der Waals surface area contributed by atoms with Gasteiger partial charge in [0, 0.05) is 57.9 Å². The first-order chi connectivity index (χ1) is 13.7. The van der Waals surface area contributed by atoms with Crippen LogP contribution in [0.1, 0.15) is 5.69 Å². The van der Waals surface area contributed by atoms with Gasteiger partial charge in [0.05, 0.1) is 0 Å². The number of halogens is 4. The Morgan fingerprint density at radius 1 is 1.07 bits per heavy atom. The Labute approximate surface area is 172 Å². The standard InChI is InChI=1S/C19H23ClF3N5O/c1-26(2)17-13-16(19(21,22)23)24-18(25-17)28-9-7-27(8-10-28)11-12-29-15-5-3-14(20)4-6-15/h3-6,13H,7-12H2,1-2H3. The Balaban J connectivity index is 1.56. The van der Waals surface area contributed by atoms with Crippen molar-refractivity contribution in [2.24, 2.45) is 0 Å². The molecule has 1 saturated heterocycles. The molecule has 0 unspecified atom stereocenters. The van der Waals surface area contributed by atoms with Gasteiger partial charge in [-0.1, -0.05) is 11.6 Å². The van der Waals surface area contributed by atoms with E-state index in [0.717, 1.165) is 18.4 Å². The van der Waals surface area contributed by atoms with E-state index in [1.165, 1.54) is 0 Å². The molecular formula is C19H23ClF3N5O. The van der Waals surface area contributed by atoms with Crippen LogP contribution in [0, 0.1) is 0 Å². The van der Waals surface area contributed by atoms with Crippen LogP contribution < -0.4 is 14.5 Å². The number of alkyl halides is 3. The van der Waals surface area contributed by atoms with Crippen molar-refractivity contribution < 1.29 is 17.9 Å². The van der Waals surface area contributed by atoms with Crippen LogP contribution in [0.5, 0.6) is 5.75 Å². The number of benzene rings is 1. The first-order valence-corrected chi connectivity index (χ1v) is 9.59. The molecule has 3 rings (SSSR count). The number of ether oxygens (including phenoxy) is 1. The summed E-state index contributed by atoms with van der Waals surface area (Å²) >= 11 is 5.85. The Morgan fingerprint density at radius 2 is 1.72 bits per heavy atom. The van der Waals surface area contributed by atoms with Gasteiger partial charge in [-0.3, -0.25) is 4.90 Å². The second-order valence-electron chi connectivity index (χ2n) is 6.93. The van der Waals surface area contributed by atoms with Gasteiger partial charge in [-0.15, -0.1) is 0 Å². The van der Waals surface area contributed by atoms with E-state index in [2.05, 4.69) is 14.9 Å². The van der Waals surface area contributed by atoms with Crippen LogP contribution in [0.4, 0.5) is 24.9 Å². The number of hydrogen-bond donors (Lipinski definition) is 0. The molecule has 0 spiro atoms. The average Bonchev–Trinajstić information content (AvgIpc) is 2.69. The van der Waals surface area contributed by atoms with Crippen molar-refractivity contribution in [2.75, 3.05) is 63.2 Å². The summed E-state index contributed by atoms with van der Waals surface area (Å²) in [6.45, 7) is 3.74. The zero-order chi connectivity index (χ0) is 21.0. The van der Waals surface area contributed by atoms with Gasteiger partial charge in [0.2, 0.25) is 5.95 Å². The highest BCUT2D eigenvalue weighted by Crippen LogP contribution is 2.31. The molecule has 158 valence electrons. The lowest BCUT2D eigenvalue weighted by atomic mass is 10.3. The minimum atomic E-state index is -4.51. The van der Waals surface area contributed by atoms with Crippen LogP contribution in [-0.2, 0) is 6.18 Å². The zero-order valence-corrected chi connectivity index (χ0v) is 17.0. The third kappa shape index (κ3) is 5.86. The van der Waals surface area contributed by atoms with E-state index in [1.807, 2.05) is 12.1 Å². The third-order valence-corrected chi connectivity index (χ3v) is 4.85. The molecule has 0 bridgehead atoms. The van der Waals surface area contributed by atoms with E-state index in [1.54, 1.807) is 36.0 Å². The van der Waals surface area contributed by atoms with Crippen LogP contribution in [0.2, 0.25) is 5.02 Å². The van der Waals surface area contributed by atoms with E-state index >= 15 is 0 Å². The fraction of sp³-hybridized carbons (Fsp3) is 0.474. The molecule has 0 saturated carbocycles. The molecule has 1 aliphatic heterocycles. The Morgan fingerprint density at radius 3 is 2.31 bits per heavy atom. The van der Waals surface area contributed by atoms with Gasteiger partial charge in [0.1, 0.15) is 18.2 Å². The fourth-order valence-corrected chi connectivity index (χ4v) is 3.06. The molecule has 1 aromatic carbocycles. The predicted molar refractivity (Wildman–Crippen MR) is 107 cm³/mol. The first kappa shape index (κ1) is 21.4. The van der Waals surface area contributed by atoms with Crippen molar-refractivity contribution in [1.29, 1.82) is 0 Å². The highest BCUT2D eigenvalue weighted by Gasteiger charge is 2.34. The summed E-state index contributed by atoms with van der Waals surface area (Å²) in [7, 11) is 3.32. The van der Waals surface area contributed by atoms with Crippen molar-refractivity contribution in [1.82, 2.24) is 14.9 Å². The minimum absolute atomic E-state index is 0.112. The van der Waals surface area contributed by atoms with Gasteiger partial charge < -0.3 is 14.5 Å². The SMILES string of the molecule is CN(C)c1cc(C(F)(F)F)nc(N2CCN(CCOc3ccc(Cl)cc3)CC2)n1. The molecular weight excluding hydrogens is 407 g/mol.